The fourth-order valence-corrected chi connectivity index (χ4v) is 1.78. The molecule has 0 aromatic rings. The van der Waals surface area contributed by atoms with Crippen molar-refractivity contribution in [2.24, 2.45) is 0 Å². The van der Waals surface area contributed by atoms with E-state index < -0.39 is 5.67 Å². The Bertz CT molecular complexity index is 130. The van der Waals surface area contributed by atoms with Crippen LogP contribution >= 0.6 is 0 Å². The van der Waals surface area contributed by atoms with E-state index in [0.717, 1.165) is 25.7 Å². The zero-order valence-electron chi connectivity index (χ0n) is 7.28. The van der Waals surface area contributed by atoms with Gasteiger partial charge in [-0.15, -0.1) is 0 Å². The Morgan fingerprint density at radius 3 is 2.09 bits per heavy atom. The van der Waals surface area contributed by atoms with E-state index in [-0.39, 0.29) is 0 Å². The predicted molar refractivity (Wildman–Crippen MR) is 46.4 cm³/mol. The lowest BCUT2D eigenvalue weighted by Gasteiger charge is -2.18. The first kappa shape index (κ1) is 8.76. The van der Waals surface area contributed by atoms with Gasteiger partial charge in [-0.05, 0) is 32.6 Å². The van der Waals surface area contributed by atoms with E-state index in [1.54, 1.807) is 6.08 Å². The van der Waals surface area contributed by atoms with Gasteiger partial charge < -0.3 is 0 Å². The summed E-state index contributed by atoms with van der Waals surface area (Å²) < 4.78 is 13.7. The summed E-state index contributed by atoms with van der Waals surface area (Å²) in [5.41, 5.74) is -0.967. The SMILES string of the molecule is C/C=C/C1(F)CCCCCC1. The van der Waals surface area contributed by atoms with Crippen LogP contribution in [0, 0.1) is 0 Å². The normalized spacial score (nSPS) is 25.3. The lowest BCUT2D eigenvalue weighted by molar-refractivity contribution is 0.202. The molecule has 0 nitrogen and oxygen atoms in total. The lowest BCUT2D eigenvalue weighted by atomic mass is 9.96. The topological polar surface area (TPSA) is 0 Å². The Balaban J connectivity index is 2.51. The van der Waals surface area contributed by atoms with Gasteiger partial charge in [0, 0.05) is 0 Å². The van der Waals surface area contributed by atoms with E-state index in [2.05, 4.69) is 0 Å². The second-order valence-corrected chi connectivity index (χ2v) is 3.45. The minimum atomic E-state index is -0.967. The van der Waals surface area contributed by atoms with Gasteiger partial charge in [-0.1, -0.05) is 25.0 Å². The van der Waals surface area contributed by atoms with E-state index in [0.29, 0.717) is 0 Å². The number of hydrogen-bond donors (Lipinski definition) is 0. The molecule has 1 aliphatic carbocycles. The monoisotopic (exact) mass is 156 g/mol. The van der Waals surface area contributed by atoms with Gasteiger partial charge >= 0.3 is 0 Å². The molecule has 1 aliphatic rings. The van der Waals surface area contributed by atoms with Gasteiger partial charge in [-0.25, -0.2) is 4.39 Å². The van der Waals surface area contributed by atoms with E-state index in [1.165, 1.54) is 12.8 Å². The smallest absolute Gasteiger partial charge is 0.129 e. The van der Waals surface area contributed by atoms with Crippen molar-refractivity contribution in [1.82, 2.24) is 0 Å². The summed E-state index contributed by atoms with van der Waals surface area (Å²) in [6.07, 6.45) is 9.58. The van der Waals surface area contributed by atoms with Crippen LogP contribution in [0.2, 0.25) is 0 Å². The molecule has 0 heterocycles. The molecule has 0 atom stereocenters. The third-order valence-electron chi connectivity index (χ3n) is 2.40. The minimum absolute atomic E-state index is 0.733. The molecule has 1 rings (SSSR count). The highest BCUT2D eigenvalue weighted by atomic mass is 19.1. The Labute approximate surface area is 68.5 Å². The van der Waals surface area contributed by atoms with Crippen LogP contribution in [-0.2, 0) is 0 Å². The zero-order valence-corrected chi connectivity index (χ0v) is 7.28. The summed E-state index contributed by atoms with van der Waals surface area (Å²) in [4.78, 5) is 0. The maximum atomic E-state index is 13.7. The van der Waals surface area contributed by atoms with Crippen molar-refractivity contribution in [3.63, 3.8) is 0 Å². The van der Waals surface area contributed by atoms with Crippen LogP contribution in [-0.4, -0.2) is 5.67 Å². The Morgan fingerprint density at radius 2 is 1.64 bits per heavy atom. The first-order valence-corrected chi connectivity index (χ1v) is 4.60. The van der Waals surface area contributed by atoms with Crippen molar-refractivity contribution in [1.29, 1.82) is 0 Å². The Hall–Kier alpha value is -0.330. The summed E-state index contributed by atoms with van der Waals surface area (Å²) in [6, 6.07) is 0. The summed E-state index contributed by atoms with van der Waals surface area (Å²) in [5, 5.41) is 0. The lowest BCUT2D eigenvalue weighted by Crippen LogP contribution is -2.17. The van der Waals surface area contributed by atoms with Crippen LogP contribution in [0.15, 0.2) is 12.2 Å². The van der Waals surface area contributed by atoms with Gasteiger partial charge in [0.1, 0.15) is 5.67 Å². The van der Waals surface area contributed by atoms with Gasteiger partial charge in [0.2, 0.25) is 0 Å². The summed E-state index contributed by atoms with van der Waals surface area (Å²) in [7, 11) is 0. The standard InChI is InChI=1S/C10H17F/c1-2-7-10(11)8-5-3-4-6-9-10/h2,7H,3-6,8-9H2,1H3/b7-2+. The second kappa shape index (κ2) is 3.89. The van der Waals surface area contributed by atoms with E-state index >= 15 is 0 Å². The summed E-state index contributed by atoms with van der Waals surface area (Å²) in [6.45, 7) is 1.90. The van der Waals surface area contributed by atoms with Crippen molar-refractivity contribution in [2.45, 2.75) is 51.1 Å². The van der Waals surface area contributed by atoms with Crippen LogP contribution in [0.25, 0.3) is 0 Å². The molecule has 1 fully saturated rings. The first-order chi connectivity index (χ1) is 5.27. The number of hydrogen-bond acceptors (Lipinski definition) is 0. The Kier molecular flexibility index (Phi) is 3.10. The third-order valence-corrected chi connectivity index (χ3v) is 2.40. The molecule has 0 radical (unpaired) electrons. The number of alkyl halides is 1. The highest BCUT2D eigenvalue weighted by Gasteiger charge is 2.26. The van der Waals surface area contributed by atoms with Crippen LogP contribution in [0.1, 0.15) is 45.4 Å². The molecular formula is C10H17F. The molecule has 0 saturated heterocycles. The molecule has 1 heteroatoms. The maximum Gasteiger partial charge on any atom is 0.129 e. The molecular weight excluding hydrogens is 139 g/mol. The van der Waals surface area contributed by atoms with Gasteiger partial charge in [0.05, 0.1) is 0 Å². The van der Waals surface area contributed by atoms with Gasteiger partial charge in [-0.3, -0.25) is 0 Å². The Morgan fingerprint density at radius 1 is 1.09 bits per heavy atom. The van der Waals surface area contributed by atoms with Gasteiger partial charge in [0.15, 0.2) is 0 Å². The summed E-state index contributed by atoms with van der Waals surface area (Å²) in [5.74, 6) is 0. The average Bonchev–Trinajstić information content (AvgIpc) is 2.15. The van der Waals surface area contributed by atoms with Gasteiger partial charge in [-0.2, -0.15) is 0 Å². The predicted octanol–water partition coefficient (Wildman–Crippen LogP) is 3.63. The van der Waals surface area contributed by atoms with E-state index in [1.807, 2.05) is 13.0 Å². The molecule has 0 aromatic heterocycles. The fourth-order valence-electron chi connectivity index (χ4n) is 1.78. The molecule has 11 heavy (non-hydrogen) atoms. The van der Waals surface area contributed by atoms with Crippen molar-refractivity contribution < 1.29 is 4.39 Å². The molecule has 64 valence electrons. The van der Waals surface area contributed by atoms with Crippen LogP contribution < -0.4 is 0 Å². The quantitative estimate of drug-likeness (QED) is 0.402. The van der Waals surface area contributed by atoms with Crippen molar-refractivity contribution >= 4 is 0 Å². The molecule has 0 amide bonds. The van der Waals surface area contributed by atoms with Crippen LogP contribution in [0.5, 0.6) is 0 Å². The number of allylic oxidation sites excluding steroid dienone is 2. The van der Waals surface area contributed by atoms with Gasteiger partial charge in [0.25, 0.3) is 0 Å². The molecule has 0 aliphatic heterocycles. The first-order valence-electron chi connectivity index (χ1n) is 4.60. The maximum absolute atomic E-state index is 13.7. The number of halogens is 1. The van der Waals surface area contributed by atoms with E-state index in [9.17, 15) is 4.39 Å². The molecule has 0 spiro atoms. The van der Waals surface area contributed by atoms with Crippen molar-refractivity contribution in [3.8, 4) is 0 Å². The van der Waals surface area contributed by atoms with Crippen molar-refractivity contribution in [3.05, 3.63) is 12.2 Å². The zero-order chi connectivity index (χ0) is 8.16. The van der Waals surface area contributed by atoms with E-state index in [4.69, 9.17) is 0 Å². The van der Waals surface area contributed by atoms with Crippen molar-refractivity contribution in [2.75, 3.05) is 0 Å². The molecule has 0 N–H and O–H groups in total. The highest BCUT2D eigenvalue weighted by molar-refractivity contribution is 5.00. The third kappa shape index (κ3) is 2.64. The van der Waals surface area contributed by atoms with Crippen LogP contribution in [0.3, 0.4) is 0 Å². The summed E-state index contributed by atoms with van der Waals surface area (Å²) >= 11 is 0. The molecule has 1 saturated carbocycles. The number of rotatable bonds is 1. The highest BCUT2D eigenvalue weighted by Crippen LogP contribution is 2.31. The second-order valence-electron chi connectivity index (χ2n) is 3.45. The van der Waals surface area contributed by atoms with Crippen LogP contribution in [0.4, 0.5) is 4.39 Å². The molecule has 0 bridgehead atoms. The minimum Gasteiger partial charge on any atom is -0.239 e. The molecule has 0 unspecified atom stereocenters. The largest absolute Gasteiger partial charge is 0.239 e. The fraction of sp³-hybridized carbons (Fsp3) is 0.800. The molecule has 0 aromatic carbocycles. The average molecular weight is 156 g/mol.